The van der Waals surface area contributed by atoms with Crippen LogP contribution in [0.4, 0.5) is 0 Å². The van der Waals surface area contributed by atoms with Crippen LogP contribution in [-0.4, -0.2) is 12.2 Å². The second-order valence-electron chi connectivity index (χ2n) is 7.55. The summed E-state index contributed by atoms with van der Waals surface area (Å²) in [4.78, 5) is 0. The number of fused-ring (bicyclic) bond motifs is 1. The number of ether oxygens (including phenoxy) is 1. The maximum atomic E-state index is 5.94. The highest BCUT2D eigenvalue weighted by molar-refractivity contribution is 5.06. The zero-order valence-electron chi connectivity index (χ0n) is 11.1. The van der Waals surface area contributed by atoms with Gasteiger partial charge in [-0.05, 0) is 55.3 Å². The molecule has 3 fully saturated rings. The molecule has 0 aromatic rings. The van der Waals surface area contributed by atoms with Crippen molar-refractivity contribution >= 4 is 0 Å². The second-order valence-corrected chi connectivity index (χ2v) is 7.55. The van der Waals surface area contributed by atoms with E-state index in [1.165, 1.54) is 44.9 Å². The molecule has 2 aliphatic carbocycles. The van der Waals surface area contributed by atoms with Crippen LogP contribution in [0.2, 0.25) is 0 Å². The summed E-state index contributed by atoms with van der Waals surface area (Å²) in [7, 11) is 0. The Labute approximate surface area is 99.9 Å². The molecule has 0 bridgehead atoms. The average molecular weight is 222 g/mol. The van der Waals surface area contributed by atoms with Crippen LogP contribution in [0, 0.1) is 16.7 Å². The third-order valence-electron chi connectivity index (χ3n) is 5.93. The predicted molar refractivity (Wildman–Crippen MR) is 66.4 cm³/mol. The van der Waals surface area contributed by atoms with Gasteiger partial charge in [-0.3, -0.25) is 0 Å². The quantitative estimate of drug-likeness (QED) is 0.598. The number of hydrogen-bond donors (Lipinski definition) is 0. The molecule has 0 aromatic heterocycles. The van der Waals surface area contributed by atoms with E-state index in [0.29, 0.717) is 16.4 Å². The van der Waals surface area contributed by atoms with Gasteiger partial charge in [0, 0.05) is 0 Å². The first kappa shape index (κ1) is 11.1. The molecule has 3 aliphatic rings. The Morgan fingerprint density at radius 3 is 2.38 bits per heavy atom. The lowest BCUT2D eigenvalue weighted by Gasteiger charge is -2.60. The molecule has 3 rings (SSSR count). The minimum Gasteiger partial charge on any atom is -0.375 e. The van der Waals surface area contributed by atoms with Crippen LogP contribution in [0.15, 0.2) is 0 Å². The summed E-state index contributed by atoms with van der Waals surface area (Å²) in [6.45, 7) is 8.55. The van der Waals surface area contributed by atoms with Gasteiger partial charge in [-0.1, -0.05) is 27.2 Å². The van der Waals surface area contributed by atoms with Crippen molar-refractivity contribution in [2.75, 3.05) is 6.61 Å². The van der Waals surface area contributed by atoms with Crippen molar-refractivity contribution in [3.63, 3.8) is 0 Å². The van der Waals surface area contributed by atoms with Crippen LogP contribution in [0.3, 0.4) is 0 Å². The van der Waals surface area contributed by atoms with Crippen LogP contribution in [0.5, 0.6) is 0 Å². The lowest BCUT2D eigenvalue weighted by Crippen LogP contribution is -2.56. The Bertz CT molecular complexity index is 290. The number of rotatable bonds is 0. The molecule has 3 atom stereocenters. The highest BCUT2D eigenvalue weighted by Crippen LogP contribution is 2.61. The van der Waals surface area contributed by atoms with Crippen molar-refractivity contribution in [3.8, 4) is 0 Å². The zero-order chi connectivity index (χ0) is 11.4. The summed E-state index contributed by atoms with van der Waals surface area (Å²) in [5.41, 5.74) is 1.46. The van der Waals surface area contributed by atoms with Gasteiger partial charge >= 0.3 is 0 Å². The molecule has 1 saturated heterocycles. The minimum absolute atomic E-state index is 0.318. The predicted octanol–water partition coefficient (Wildman–Crippen LogP) is 4.16. The summed E-state index contributed by atoms with van der Waals surface area (Å²) < 4.78 is 5.94. The highest BCUT2D eigenvalue weighted by atomic mass is 16.5. The normalized spacial score (nSPS) is 50.8. The molecular formula is C15H26O. The van der Waals surface area contributed by atoms with Gasteiger partial charge in [0.1, 0.15) is 0 Å². The van der Waals surface area contributed by atoms with E-state index in [-0.39, 0.29) is 0 Å². The van der Waals surface area contributed by atoms with Gasteiger partial charge in [-0.2, -0.15) is 0 Å². The van der Waals surface area contributed by atoms with Crippen molar-refractivity contribution in [2.24, 2.45) is 16.7 Å². The van der Waals surface area contributed by atoms with Gasteiger partial charge in [0.2, 0.25) is 0 Å². The van der Waals surface area contributed by atoms with E-state index in [4.69, 9.17) is 4.74 Å². The average Bonchev–Trinajstić information content (AvgIpc) is 2.13. The summed E-state index contributed by atoms with van der Waals surface area (Å²) >= 11 is 0. The lowest BCUT2D eigenvalue weighted by atomic mass is 9.49. The third kappa shape index (κ3) is 1.47. The van der Waals surface area contributed by atoms with Crippen LogP contribution in [-0.2, 0) is 4.74 Å². The molecule has 0 aromatic carbocycles. The van der Waals surface area contributed by atoms with E-state index in [1.807, 2.05) is 0 Å². The van der Waals surface area contributed by atoms with Crippen molar-refractivity contribution in [2.45, 2.75) is 71.3 Å². The maximum absolute atomic E-state index is 5.94. The Balaban J connectivity index is 1.85. The molecule has 1 heterocycles. The van der Waals surface area contributed by atoms with E-state index in [0.717, 1.165) is 12.5 Å². The monoisotopic (exact) mass is 222 g/mol. The molecule has 1 spiro atoms. The first-order valence-corrected chi connectivity index (χ1v) is 7.10. The summed E-state index contributed by atoms with van der Waals surface area (Å²) in [5.74, 6) is 0.934. The molecule has 1 aliphatic heterocycles. The zero-order valence-corrected chi connectivity index (χ0v) is 11.1. The van der Waals surface area contributed by atoms with E-state index < -0.39 is 0 Å². The Hall–Kier alpha value is -0.0400. The van der Waals surface area contributed by atoms with Crippen LogP contribution in [0.25, 0.3) is 0 Å². The molecule has 2 saturated carbocycles. The van der Waals surface area contributed by atoms with E-state index in [9.17, 15) is 0 Å². The largest absolute Gasteiger partial charge is 0.375 e. The van der Waals surface area contributed by atoms with Gasteiger partial charge in [0.25, 0.3) is 0 Å². The van der Waals surface area contributed by atoms with Crippen molar-refractivity contribution in [3.05, 3.63) is 0 Å². The fourth-order valence-electron chi connectivity index (χ4n) is 5.15. The standard InChI is InChI=1S/C15H26O/c1-13(2)6-4-7-14(3)11-15(9-10-16-15)8-5-12(13)14/h12H,4-11H2,1-3H3/t12-,14+,15+/m0/s1. The minimum atomic E-state index is 0.318. The molecule has 0 unspecified atom stereocenters. The Morgan fingerprint density at radius 1 is 1.00 bits per heavy atom. The van der Waals surface area contributed by atoms with Crippen molar-refractivity contribution < 1.29 is 4.74 Å². The fourth-order valence-corrected chi connectivity index (χ4v) is 5.15. The molecule has 0 radical (unpaired) electrons. The topological polar surface area (TPSA) is 9.23 Å². The fraction of sp³-hybridized carbons (Fsp3) is 1.00. The third-order valence-corrected chi connectivity index (χ3v) is 5.93. The molecular weight excluding hydrogens is 196 g/mol. The van der Waals surface area contributed by atoms with Gasteiger partial charge in [0.15, 0.2) is 0 Å². The first-order valence-electron chi connectivity index (χ1n) is 7.10. The van der Waals surface area contributed by atoms with E-state index >= 15 is 0 Å². The molecule has 1 nitrogen and oxygen atoms in total. The second kappa shape index (κ2) is 3.25. The lowest BCUT2D eigenvalue weighted by molar-refractivity contribution is -0.213. The molecule has 92 valence electrons. The van der Waals surface area contributed by atoms with Gasteiger partial charge in [-0.25, -0.2) is 0 Å². The Kier molecular flexibility index (Phi) is 2.25. The number of hydrogen-bond acceptors (Lipinski definition) is 1. The van der Waals surface area contributed by atoms with Crippen molar-refractivity contribution in [1.29, 1.82) is 0 Å². The maximum Gasteiger partial charge on any atom is 0.0709 e. The summed E-state index contributed by atoms with van der Waals surface area (Å²) in [5, 5.41) is 0. The molecule has 0 N–H and O–H groups in total. The van der Waals surface area contributed by atoms with Crippen LogP contribution >= 0.6 is 0 Å². The van der Waals surface area contributed by atoms with Gasteiger partial charge in [-0.15, -0.1) is 0 Å². The smallest absolute Gasteiger partial charge is 0.0709 e. The summed E-state index contributed by atoms with van der Waals surface area (Å²) in [6.07, 6.45) is 9.70. The highest BCUT2D eigenvalue weighted by Gasteiger charge is 2.55. The summed E-state index contributed by atoms with van der Waals surface area (Å²) in [6, 6.07) is 0. The van der Waals surface area contributed by atoms with Crippen LogP contribution < -0.4 is 0 Å². The van der Waals surface area contributed by atoms with Gasteiger partial charge in [0.05, 0.1) is 12.2 Å². The molecule has 0 amide bonds. The Morgan fingerprint density at radius 2 is 1.75 bits per heavy atom. The SMILES string of the molecule is CC1(C)CCC[C@]2(C)C[C@]3(CCO3)CC[C@@H]12. The van der Waals surface area contributed by atoms with Crippen LogP contribution in [0.1, 0.15) is 65.7 Å². The van der Waals surface area contributed by atoms with E-state index in [2.05, 4.69) is 20.8 Å². The molecule has 1 heteroatoms. The first-order chi connectivity index (χ1) is 7.46. The van der Waals surface area contributed by atoms with E-state index in [1.54, 1.807) is 0 Å². The van der Waals surface area contributed by atoms with Crippen molar-refractivity contribution in [1.82, 2.24) is 0 Å². The molecule has 16 heavy (non-hydrogen) atoms. The van der Waals surface area contributed by atoms with Gasteiger partial charge < -0.3 is 4.74 Å².